The lowest BCUT2D eigenvalue weighted by molar-refractivity contribution is 0.0887. The number of amides is 2. The lowest BCUT2D eigenvalue weighted by Gasteiger charge is -2.27. The number of hydrogen-bond donors (Lipinski definition) is 3. The molecule has 6 heterocycles. The average molecular weight is 654 g/mol. The third-order valence-electron chi connectivity index (χ3n) is 9.72. The summed E-state index contributed by atoms with van der Waals surface area (Å²) in [5.41, 5.74) is 4.36. The zero-order valence-electron chi connectivity index (χ0n) is 26.7. The van der Waals surface area contributed by atoms with Crippen molar-refractivity contribution in [2.24, 2.45) is 0 Å². The first kappa shape index (κ1) is 30.5. The zero-order chi connectivity index (χ0) is 32.9. The molecule has 5 aromatic rings. The third-order valence-corrected chi connectivity index (χ3v) is 9.72. The van der Waals surface area contributed by atoms with E-state index in [0.29, 0.717) is 66.4 Å². The number of halogens is 2. The van der Waals surface area contributed by atoms with Crippen LogP contribution in [-0.2, 0) is 13.0 Å². The minimum absolute atomic E-state index is 0.150. The Hall–Kier alpha value is -4.78. The Balaban J connectivity index is 1.19. The second kappa shape index (κ2) is 12.3. The van der Waals surface area contributed by atoms with Crippen LogP contribution in [0.2, 0.25) is 0 Å². The number of nitrogens with one attached hydrogen (secondary N) is 3. The van der Waals surface area contributed by atoms with Crippen molar-refractivity contribution in [2.75, 3.05) is 13.1 Å². The summed E-state index contributed by atoms with van der Waals surface area (Å²) in [5.74, 6) is -0.903. The molecule has 2 amide bonds. The number of carbonyl (C=O) groups excluding carboxylic acids is 2. The summed E-state index contributed by atoms with van der Waals surface area (Å²) < 4.78 is 34.4. The van der Waals surface area contributed by atoms with E-state index in [4.69, 9.17) is 9.97 Å². The fraction of sp³-hybridized carbons (Fsp3) is 0.429. The summed E-state index contributed by atoms with van der Waals surface area (Å²) in [5, 5.41) is 9.73. The lowest BCUT2D eigenvalue weighted by atomic mass is 10.0. The maximum absolute atomic E-state index is 15.6. The summed E-state index contributed by atoms with van der Waals surface area (Å²) in [6.07, 6.45) is 7.38. The molecule has 0 radical (unpaired) electrons. The van der Waals surface area contributed by atoms with Crippen LogP contribution < -0.4 is 16.0 Å². The number of aryl methyl sites for hydroxylation is 2. The molecule has 3 atom stereocenters. The van der Waals surface area contributed by atoms with Gasteiger partial charge in [-0.3, -0.25) is 14.6 Å². The van der Waals surface area contributed by atoms with Gasteiger partial charge in [0.25, 0.3) is 11.8 Å². The summed E-state index contributed by atoms with van der Waals surface area (Å²) in [7, 11) is 0. The minimum Gasteiger partial charge on any atom is -0.345 e. The van der Waals surface area contributed by atoms with E-state index in [2.05, 4.69) is 41.1 Å². The van der Waals surface area contributed by atoms with E-state index in [1.807, 2.05) is 19.1 Å². The SMILES string of the molecule is C[C@H]1NC(=O)c2nccnc2CCCCCn2c(-c3nc4cc(C(=O)N[C@H]5CNCC[C@@H]5F)c(F)cc4n3C3CC3)cc3ccc1nc32. The Bertz CT molecular complexity index is 2050. The Morgan fingerprint density at radius 1 is 1.04 bits per heavy atom. The van der Waals surface area contributed by atoms with Crippen molar-refractivity contribution in [3.63, 3.8) is 0 Å². The predicted molar refractivity (Wildman–Crippen MR) is 176 cm³/mol. The van der Waals surface area contributed by atoms with E-state index in [-0.39, 0.29) is 23.6 Å². The standard InChI is InChI=1S/C35H37F2N9O2/c1-19-25-9-6-20-15-30(45(32(20)42-25)14-4-2-3-5-26-31(35(48)41-19)40-13-12-39-26)33-43-27-16-22(24(37)17-29(27)46(33)21-7-8-21)34(47)44-28-18-38-11-10-23(28)36/h6,9,12-13,15-17,19,21,23,28,38H,2-5,7-8,10-11,14,18H2,1H3,(H,41,48)(H,44,47)/t19-,23+,28+/m1/s1. The van der Waals surface area contributed by atoms with Crippen LogP contribution in [-0.4, -0.2) is 66.2 Å². The molecular weight excluding hydrogens is 616 g/mol. The molecular formula is C35H37F2N9O2. The number of nitrogens with zero attached hydrogens (tertiary/aromatic N) is 6. The lowest BCUT2D eigenvalue weighted by Crippen LogP contribution is -2.52. The number of alkyl halides is 1. The fourth-order valence-electron chi connectivity index (χ4n) is 7.00. The number of pyridine rings is 1. The first-order valence-corrected chi connectivity index (χ1v) is 16.8. The van der Waals surface area contributed by atoms with Crippen LogP contribution in [0.1, 0.15) is 89.8 Å². The van der Waals surface area contributed by atoms with Gasteiger partial charge >= 0.3 is 0 Å². The number of piperidine rings is 1. The highest BCUT2D eigenvalue weighted by Gasteiger charge is 2.32. The molecule has 4 aromatic heterocycles. The van der Waals surface area contributed by atoms with Crippen molar-refractivity contribution < 1.29 is 18.4 Å². The normalized spacial score (nSPS) is 22.0. The van der Waals surface area contributed by atoms with E-state index in [0.717, 1.165) is 48.8 Å². The van der Waals surface area contributed by atoms with Crippen molar-refractivity contribution in [3.8, 4) is 11.5 Å². The number of fused-ring (bicyclic) bond motifs is 3. The van der Waals surface area contributed by atoms with E-state index >= 15 is 4.39 Å². The van der Waals surface area contributed by atoms with E-state index < -0.39 is 23.9 Å². The van der Waals surface area contributed by atoms with Gasteiger partial charge in [-0.05, 0) is 76.3 Å². The van der Waals surface area contributed by atoms with E-state index in [1.165, 1.54) is 12.1 Å². The number of carbonyl (C=O) groups is 2. The van der Waals surface area contributed by atoms with Gasteiger partial charge in [-0.25, -0.2) is 23.7 Å². The van der Waals surface area contributed by atoms with Gasteiger partial charge in [0.05, 0.1) is 45.8 Å². The zero-order valence-corrected chi connectivity index (χ0v) is 26.7. The van der Waals surface area contributed by atoms with Crippen molar-refractivity contribution in [1.82, 2.24) is 45.0 Å². The molecule has 1 aliphatic carbocycles. The van der Waals surface area contributed by atoms with Crippen LogP contribution >= 0.6 is 0 Å². The Morgan fingerprint density at radius 2 is 1.90 bits per heavy atom. The number of aromatic nitrogens is 6. The van der Waals surface area contributed by atoms with Crippen LogP contribution in [0.4, 0.5) is 8.78 Å². The molecule has 3 N–H and O–H groups in total. The molecule has 1 aromatic carbocycles. The highest BCUT2D eigenvalue weighted by Crippen LogP contribution is 2.42. The van der Waals surface area contributed by atoms with Crippen LogP contribution in [0.15, 0.2) is 42.7 Å². The van der Waals surface area contributed by atoms with Crippen molar-refractivity contribution in [2.45, 2.75) is 82.7 Å². The van der Waals surface area contributed by atoms with Gasteiger partial charge in [0, 0.05) is 43.0 Å². The molecule has 11 nitrogen and oxygen atoms in total. The maximum atomic E-state index is 15.6. The Morgan fingerprint density at radius 3 is 2.73 bits per heavy atom. The molecule has 13 heteroatoms. The molecule has 1 saturated heterocycles. The molecule has 0 unspecified atom stereocenters. The van der Waals surface area contributed by atoms with E-state index in [9.17, 15) is 14.0 Å². The summed E-state index contributed by atoms with van der Waals surface area (Å²) in [6.45, 7) is 3.42. The molecule has 3 aliphatic rings. The van der Waals surface area contributed by atoms with Crippen LogP contribution in [0, 0.1) is 5.82 Å². The molecule has 8 rings (SSSR count). The van der Waals surface area contributed by atoms with Gasteiger partial charge in [0.2, 0.25) is 0 Å². The van der Waals surface area contributed by atoms with Gasteiger partial charge < -0.3 is 25.1 Å². The number of hydrogen-bond acceptors (Lipinski definition) is 7. The summed E-state index contributed by atoms with van der Waals surface area (Å²) in [6, 6.07) is 7.92. The summed E-state index contributed by atoms with van der Waals surface area (Å²) in [4.78, 5) is 45.2. The highest BCUT2D eigenvalue weighted by molar-refractivity contribution is 5.99. The first-order chi connectivity index (χ1) is 23.4. The van der Waals surface area contributed by atoms with Crippen LogP contribution in [0.5, 0.6) is 0 Å². The molecule has 48 heavy (non-hydrogen) atoms. The third kappa shape index (κ3) is 5.59. The summed E-state index contributed by atoms with van der Waals surface area (Å²) >= 11 is 0. The Kier molecular flexibility index (Phi) is 7.86. The van der Waals surface area contributed by atoms with Gasteiger partial charge in [0.1, 0.15) is 23.3 Å². The largest absolute Gasteiger partial charge is 0.345 e. The smallest absolute Gasteiger partial charge is 0.272 e. The number of imidazole rings is 1. The fourth-order valence-corrected chi connectivity index (χ4v) is 7.00. The van der Waals surface area contributed by atoms with Crippen LogP contribution in [0.3, 0.4) is 0 Å². The van der Waals surface area contributed by atoms with Crippen LogP contribution in [0.25, 0.3) is 33.6 Å². The molecule has 0 spiro atoms. The quantitative estimate of drug-likeness (QED) is 0.250. The van der Waals surface area contributed by atoms with Crippen molar-refractivity contribution in [1.29, 1.82) is 0 Å². The monoisotopic (exact) mass is 653 g/mol. The topological polar surface area (TPSA) is 132 Å². The second-order valence-corrected chi connectivity index (χ2v) is 13.1. The number of rotatable bonds is 4. The molecule has 1 saturated carbocycles. The molecule has 2 fully saturated rings. The Labute approximate surface area is 275 Å². The number of benzene rings is 1. The average Bonchev–Trinajstić information content (AvgIpc) is 3.76. The first-order valence-electron chi connectivity index (χ1n) is 16.8. The van der Waals surface area contributed by atoms with Gasteiger partial charge in [-0.2, -0.15) is 0 Å². The molecule has 2 bridgehead atoms. The van der Waals surface area contributed by atoms with Crippen molar-refractivity contribution in [3.05, 3.63) is 71.2 Å². The predicted octanol–water partition coefficient (Wildman–Crippen LogP) is 4.96. The molecule has 2 aliphatic heterocycles. The maximum Gasteiger partial charge on any atom is 0.272 e. The van der Waals surface area contributed by atoms with Gasteiger partial charge in [-0.15, -0.1) is 0 Å². The van der Waals surface area contributed by atoms with Crippen molar-refractivity contribution >= 4 is 33.9 Å². The highest BCUT2D eigenvalue weighted by atomic mass is 19.1. The van der Waals surface area contributed by atoms with Gasteiger partial charge in [0.15, 0.2) is 5.82 Å². The molecule has 248 valence electrons. The second-order valence-electron chi connectivity index (χ2n) is 13.1. The van der Waals surface area contributed by atoms with E-state index in [1.54, 1.807) is 12.4 Å². The minimum atomic E-state index is -1.19. The van der Waals surface area contributed by atoms with Gasteiger partial charge in [-0.1, -0.05) is 6.42 Å².